The standard InChI is InChI=1S/C10H12ClNS/c1-3-7(2)13-10-8(11)5-4-6-9(10)12/h3-7H,1,12H2,2H3. The highest BCUT2D eigenvalue weighted by molar-refractivity contribution is 8.00. The molecule has 3 heteroatoms. The van der Waals surface area contributed by atoms with E-state index in [1.54, 1.807) is 11.8 Å². The Labute approximate surface area is 88.0 Å². The Morgan fingerprint density at radius 1 is 1.62 bits per heavy atom. The molecule has 1 rings (SSSR count). The molecule has 0 amide bonds. The Morgan fingerprint density at radius 2 is 2.31 bits per heavy atom. The van der Waals surface area contributed by atoms with Crippen molar-refractivity contribution in [1.29, 1.82) is 0 Å². The maximum Gasteiger partial charge on any atom is 0.0562 e. The Kier molecular flexibility index (Phi) is 3.70. The first-order chi connectivity index (χ1) is 6.15. The van der Waals surface area contributed by atoms with Crippen molar-refractivity contribution in [1.82, 2.24) is 0 Å². The lowest BCUT2D eigenvalue weighted by molar-refractivity contribution is 1.24. The minimum absolute atomic E-state index is 0.321. The van der Waals surface area contributed by atoms with E-state index in [9.17, 15) is 0 Å². The van der Waals surface area contributed by atoms with Crippen molar-refractivity contribution in [2.45, 2.75) is 17.1 Å². The van der Waals surface area contributed by atoms with Gasteiger partial charge >= 0.3 is 0 Å². The average Bonchev–Trinajstić information content (AvgIpc) is 2.11. The van der Waals surface area contributed by atoms with E-state index in [0.717, 1.165) is 10.6 Å². The lowest BCUT2D eigenvalue weighted by Crippen LogP contribution is -1.94. The first-order valence-corrected chi connectivity index (χ1v) is 5.24. The minimum Gasteiger partial charge on any atom is -0.398 e. The Morgan fingerprint density at radius 3 is 2.85 bits per heavy atom. The second kappa shape index (κ2) is 4.58. The van der Waals surface area contributed by atoms with Crippen molar-refractivity contribution in [3.63, 3.8) is 0 Å². The number of rotatable bonds is 3. The molecule has 0 fully saturated rings. The van der Waals surface area contributed by atoms with Gasteiger partial charge < -0.3 is 5.73 Å². The normalized spacial score (nSPS) is 12.5. The molecule has 0 bridgehead atoms. The van der Waals surface area contributed by atoms with Gasteiger partial charge in [-0.05, 0) is 19.1 Å². The third kappa shape index (κ3) is 2.68. The number of anilines is 1. The summed E-state index contributed by atoms with van der Waals surface area (Å²) >= 11 is 7.62. The molecule has 2 N–H and O–H groups in total. The minimum atomic E-state index is 0.321. The fourth-order valence-corrected chi connectivity index (χ4v) is 2.05. The van der Waals surface area contributed by atoms with E-state index in [-0.39, 0.29) is 0 Å². The molecule has 0 aliphatic heterocycles. The molecular weight excluding hydrogens is 202 g/mol. The van der Waals surface area contributed by atoms with E-state index in [2.05, 4.69) is 13.5 Å². The summed E-state index contributed by atoms with van der Waals surface area (Å²) in [7, 11) is 0. The second-order valence-corrected chi connectivity index (χ2v) is 4.51. The van der Waals surface area contributed by atoms with E-state index in [1.165, 1.54) is 0 Å². The van der Waals surface area contributed by atoms with E-state index in [4.69, 9.17) is 17.3 Å². The molecule has 1 nitrogen and oxygen atoms in total. The quantitative estimate of drug-likeness (QED) is 0.472. The van der Waals surface area contributed by atoms with Crippen molar-refractivity contribution in [3.05, 3.63) is 35.9 Å². The summed E-state index contributed by atoms with van der Waals surface area (Å²) < 4.78 is 0. The largest absolute Gasteiger partial charge is 0.398 e. The maximum atomic E-state index is 6.00. The van der Waals surface area contributed by atoms with Crippen LogP contribution in [0.1, 0.15) is 6.92 Å². The van der Waals surface area contributed by atoms with Crippen molar-refractivity contribution in [2.24, 2.45) is 0 Å². The van der Waals surface area contributed by atoms with Gasteiger partial charge in [0.25, 0.3) is 0 Å². The highest BCUT2D eigenvalue weighted by atomic mass is 35.5. The number of hydrogen-bond acceptors (Lipinski definition) is 2. The summed E-state index contributed by atoms with van der Waals surface area (Å²) in [6.07, 6.45) is 1.87. The monoisotopic (exact) mass is 213 g/mol. The Hall–Kier alpha value is -0.600. The third-order valence-electron chi connectivity index (χ3n) is 1.63. The fourth-order valence-electron chi connectivity index (χ4n) is 0.884. The van der Waals surface area contributed by atoms with Gasteiger partial charge in [0.2, 0.25) is 0 Å². The zero-order chi connectivity index (χ0) is 9.84. The Balaban J connectivity index is 2.93. The molecule has 1 atom stereocenters. The summed E-state index contributed by atoms with van der Waals surface area (Å²) in [6.45, 7) is 5.77. The molecule has 0 saturated heterocycles. The molecule has 13 heavy (non-hydrogen) atoms. The number of benzene rings is 1. The molecule has 1 unspecified atom stereocenters. The van der Waals surface area contributed by atoms with Gasteiger partial charge in [-0.2, -0.15) is 0 Å². The van der Waals surface area contributed by atoms with Crippen molar-refractivity contribution < 1.29 is 0 Å². The number of thioether (sulfide) groups is 1. The van der Waals surface area contributed by atoms with Crippen LogP contribution in [0.15, 0.2) is 35.7 Å². The van der Waals surface area contributed by atoms with Gasteiger partial charge in [-0.25, -0.2) is 0 Å². The summed E-state index contributed by atoms with van der Waals surface area (Å²) in [6, 6.07) is 5.54. The molecule has 0 spiro atoms. The van der Waals surface area contributed by atoms with E-state index in [1.807, 2.05) is 24.3 Å². The number of halogens is 1. The molecule has 0 saturated carbocycles. The van der Waals surface area contributed by atoms with Gasteiger partial charge in [0, 0.05) is 15.8 Å². The molecule has 1 aromatic carbocycles. The van der Waals surface area contributed by atoms with Gasteiger partial charge in [-0.3, -0.25) is 0 Å². The van der Waals surface area contributed by atoms with Gasteiger partial charge in [-0.1, -0.05) is 23.7 Å². The van der Waals surface area contributed by atoms with Gasteiger partial charge in [0.15, 0.2) is 0 Å². The van der Waals surface area contributed by atoms with Crippen molar-refractivity contribution in [3.8, 4) is 0 Å². The summed E-state index contributed by atoms with van der Waals surface area (Å²) in [5.74, 6) is 0. The smallest absolute Gasteiger partial charge is 0.0562 e. The lowest BCUT2D eigenvalue weighted by Gasteiger charge is -2.09. The fraction of sp³-hybridized carbons (Fsp3) is 0.200. The van der Waals surface area contributed by atoms with Crippen LogP contribution in [0.5, 0.6) is 0 Å². The van der Waals surface area contributed by atoms with Crippen LogP contribution in [0, 0.1) is 0 Å². The predicted octanol–water partition coefficient (Wildman–Crippen LogP) is 3.59. The molecule has 0 aliphatic rings. The number of hydrogen-bond donors (Lipinski definition) is 1. The number of nitrogens with two attached hydrogens (primary N) is 1. The van der Waals surface area contributed by atoms with Crippen LogP contribution in [-0.4, -0.2) is 5.25 Å². The molecule has 0 heterocycles. The summed E-state index contributed by atoms with van der Waals surface area (Å²) in [5, 5.41) is 1.03. The molecule has 0 aliphatic carbocycles. The van der Waals surface area contributed by atoms with Crippen LogP contribution in [0.4, 0.5) is 5.69 Å². The first-order valence-electron chi connectivity index (χ1n) is 3.98. The van der Waals surface area contributed by atoms with Gasteiger partial charge in [-0.15, -0.1) is 18.3 Å². The molecule has 0 radical (unpaired) electrons. The summed E-state index contributed by atoms with van der Waals surface area (Å²) in [5.41, 5.74) is 6.51. The molecule has 1 aromatic rings. The molecular formula is C10H12ClNS. The van der Waals surface area contributed by atoms with Gasteiger partial charge in [0.1, 0.15) is 0 Å². The van der Waals surface area contributed by atoms with Crippen LogP contribution < -0.4 is 5.73 Å². The SMILES string of the molecule is C=CC(C)Sc1c(N)cccc1Cl. The molecule has 0 aromatic heterocycles. The zero-order valence-electron chi connectivity index (χ0n) is 7.46. The topological polar surface area (TPSA) is 26.0 Å². The zero-order valence-corrected chi connectivity index (χ0v) is 9.03. The van der Waals surface area contributed by atoms with Crippen LogP contribution >= 0.6 is 23.4 Å². The van der Waals surface area contributed by atoms with E-state index in [0.29, 0.717) is 10.3 Å². The maximum absolute atomic E-state index is 6.00. The average molecular weight is 214 g/mol. The first kappa shape index (κ1) is 10.5. The second-order valence-electron chi connectivity index (χ2n) is 2.72. The van der Waals surface area contributed by atoms with Crippen molar-refractivity contribution in [2.75, 3.05) is 5.73 Å². The van der Waals surface area contributed by atoms with Crippen LogP contribution in [-0.2, 0) is 0 Å². The van der Waals surface area contributed by atoms with Crippen molar-refractivity contribution >= 4 is 29.1 Å². The number of nitrogen functional groups attached to an aromatic ring is 1. The Bertz CT molecular complexity index is 292. The highest BCUT2D eigenvalue weighted by Crippen LogP contribution is 2.35. The van der Waals surface area contributed by atoms with Crippen LogP contribution in [0.3, 0.4) is 0 Å². The predicted molar refractivity (Wildman–Crippen MR) is 61.4 cm³/mol. The highest BCUT2D eigenvalue weighted by Gasteiger charge is 2.07. The lowest BCUT2D eigenvalue weighted by atomic mass is 10.3. The summed E-state index contributed by atoms with van der Waals surface area (Å²) in [4.78, 5) is 0.941. The van der Waals surface area contributed by atoms with Gasteiger partial charge in [0.05, 0.1) is 5.02 Å². The van der Waals surface area contributed by atoms with Crippen LogP contribution in [0.25, 0.3) is 0 Å². The van der Waals surface area contributed by atoms with Crippen LogP contribution in [0.2, 0.25) is 5.02 Å². The molecule has 70 valence electrons. The van der Waals surface area contributed by atoms with E-state index < -0.39 is 0 Å². The third-order valence-corrected chi connectivity index (χ3v) is 3.32. The van der Waals surface area contributed by atoms with E-state index >= 15 is 0 Å².